The first-order valence-electron chi connectivity index (χ1n) is 10.9. The zero-order valence-corrected chi connectivity index (χ0v) is 20.4. The Balaban J connectivity index is 1.57. The van der Waals surface area contributed by atoms with Crippen molar-refractivity contribution in [1.29, 1.82) is 0 Å². The van der Waals surface area contributed by atoms with E-state index in [4.69, 9.17) is 4.74 Å². The smallest absolute Gasteiger partial charge is 0.338 e. The van der Waals surface area contributed by atoms with E-state index in [9.17, 15) is 22.8 Å². The van der Waals surface area contributed by atoms with Gasteiger partial charge in [-0.25, -0.2) is 22.7 Å². The minimum absolute atomic E-state index is 0.0393. The fourth-order valence-corrected chi connectivity index (χ4v) is 4.35. The largest absolute Gasteiger partial charge is 0.449 e. The van der Waals surface area contributed by atoms with Gasteiger partial charge in [-0.2, -0.15) is 0 Å². The van der Waals surface area contributed by atoms with Crippen LogP contribution in [0.1, 0.15) is 49.2 Å². The second-order valence-corrected chi connectivity index (χ2v) is 10.8. The molecule has 0 radical (unpaired) electrons. The van der Waals surface area contributed by atoms with Crippen LogP contribution in [0.5, 0.6) is 0 Å². The van der Waals surface area contributed by atoms with Crippen LogP contribution < -0.4 is 10.0 Å². The van der Waals surface area contributed by atoms with Gasteiger partial charge in [0.25, 0.3) is 5.91 Å². The predicted octanol–water partition coefficient (Wildman–Crippen LogP) is 2.56. The SMILES string of the molecule is CC(OC(=O)c1ccc(CNS(=O)(=O)c2ccc(C(C)(C)C)cc2)cc1)C(=O)N1CCNC1=O. The van der Waals surface area contributed by atoms with E-state index < -0.39 is 34.0 Å². The minimum atomic E-state index is -3.70. The van der Waals surface area contributed by atoms with E-state index in [0.717, 1.165) is 10.5 Å². The number of esters is 1. The van der Waals surface area contributed by atoms with Crippen molar-refractivity contribution in [2.75, 3.05) is 13.1 Å². The van der Waals surface area contributed by atoms with Crippen molar-refractivity contribution in [2.45, 2.75) is 50.7 Å². The molecule has 1 atom stereocenters. The maximum atomic E-state index is 12.6. The lowest BCUT2D eigenvalue weighted by atomic mass is 9.87. The lowest BCUT2D eigenvalue weighted by Crippen LogP contribution is -2.41. The van der Waals surface area contributed by atoms with Gasteiger partial charge in [-0.1, -0.05) is 45.0 Å². The van der Waals surface area contributed by atoms with Crippen molar-refractivity contribution in [3.63, 3.8) is 0 Å². The zero-order valence-electron chi connectivity index (χ0n) is 19.6. The molecule has 3 amide bonds. The lowest BCUT2D eigenvalue weighted by molar-refractivity contribution is -0.136. The molecule has 1 unspecified atom stereocenters. The summed E-state index contributed by atoms with van der Waals surface area (Å²) in [6.07, 6.45) is -1.12. The second-order valence-electron chi connectivity index (χ2n) is 9.07. The van der Waals surface area contributed by atoms with Gasteiger partial charge in [-0.05, 0) is 47.7 Å². The number of amides is 3. The van der Waals surface area contributed by atoms with E-state index in [2.05, 4.69) is 30.8 Å². The van der Waals surface area contributed by atoms with Crippen LogP contribution in [0.2, 0.25) is 0 Å². The fourth-order valence-electron chi connectivity index (χ4n) is 3.33. The number of carbonyl (C=O) groups excluding carboxylic acids is 3. The quantitative estimate of drug-likeness (QED) is 0.579. The van der Waals surface area contributed by atoms with E-state index in [0.29, 0.717) is 12.1 Å². The third-order valence-electron chi connectivity index (χ3n) is 5.44. The standard InChI is InChI=1S/C24H29N3O6S/c1-16(21(28)27-14-13-25-23(27)30)33-22(29)18-7-5-17(6-8-18)15-26-34(31,32)20-11-9-19(10-12-20)24(2,3)4/h5-12,16,26H,13-15H2,1-4H3,(H,25,30). The molecule has 34 heavy (non-hydrogen) atoms. The molecule has 9 nitrogen and oxygen atoms in total. The third-order valence-corrected chi connectivity index (χ3v) is 6.86. The number of carbonyl (C=O) groups is 3. The average molecular weight is 488 g/mol. The zero-order chi connectivity index (χ0) is 25.1. The molecular formula is C24H29N3O6S. The molecule has 0 bridgehead atoms. The van der Waals surface area contributed by atoms with Gasteiger partial charge in [-0.3, -0.25) is 9.69 Å². The van der Waals surface area contributed by atoms with E-state index in [-0.39, 0.29) is 29.0 Å². The average Bonchev–Trinajstić information content (AvgIpc) is 3.22. The summed E-state index contributed by atoms with van der Waals surface area (Å²) in [6, 6.07) is 12.4. The van der Waals surface area contributed by atoms with Crippen molar-refractivity contribution in [3.8, 4) is 0 Å². The fraction of sp³-hybridized carbons (Fsp3) is 0.375. The van der Waals surface area contributed by atoms with Crippen LogP contribution in [-0.4, -0.2) is 50.4 Å². The molecule has 0 aliphatic carbocycles. The first-order chi connectivity index (χ1) is 15.9. The molecule has 1 aliphatic heterocycles. The Kier molecular flexibility index (Phi) is 7.42. The maximum absolute atomic E-state index is 12.6. The molecule has 1 aliphatic rings. The molecule has 0 spiro atoms. The molecule has 2 N–H and O–H groups in total. The highest BCUT2D eigenvalue weighted by Gasteiger charge is 2.31. The van der Waals surface area contributed by atoms with Crippen molar-refractivity contribution in [3.05, 3.63) is 65.2 Å². The van der Waals surface area contributed by atoms with Crippen molar-refractivity contribution in [2.24, 2.45) is 0 Å². The summed E-state index contributed by atoms with van der Waals surface area (Å²) in [5.41, 5.74) is 1.81. The third kappa shape index (κ3) is 6.00. The van der Waals surface area contributed by atoms with E-state index in [1.54, 1.807) is 36.4 Å². The number of hydrogen-bond acceptors (Lipinski definition) is 6. The summed E-state index contributed by atoms with van der Waals surface area (Å²) in [5, 5.41) is 2.51. The molecule has 182 valence electrons. The Morgan fingerprint density at radius 3 is 2.24 bits per heavy atom. The molecule has 10 heteroatoms. The van der Waals surface area contributed by atoms with Crippen LogP contribution in [0.3, 0.4) is 0 Å². The number of rotatable bonds is 7. The van der Waals surface area contributed by atoms with Crippen LogP contribution in [-0.2, 0) is 31.5 Å². The van der Waals surface area contributed by atoms with Crippen LogP contribution >= 0.6 is 0 Å². The maximum Gasteiger partial charge on any atom is 0.338 e. The number of nitrogens with zero attached hydrogens (tertiary/aromatic N) is 1. The highest BCUT2D eigenvalue weighted by Crippen LogP contribution is 2.23. The number of benzene rings is 2. The summed E-state index contributed by atoms with van der Waals surface area (Å²) in [5.74, 6) is -1.31. The van der Waals surface area contributed by atoms with Gasteiger partial charge in [0, 0.05) is 19.6 Å². The molecule has 2 aromatic rings. The minimum Gasteiger partial charge on any atom is -0.449 e. The molecule has 0 aromatic heterocycles. The van der Waals surface area contributed by atoms with Crippen molar-refractivity contribution in [1.82, 2.24) is 14.9 Å². The Bertz CT molecular complexity index is 1170. The molecular weight excluding hydrogens is 458 g/mol. The molecule has 3 rings (SSSR count). The molecule has 0 saturated carbocycles. The monoisotopic (exact) mass is 487 g/mol. The van der Waals surface area contributed by atoms with Gasteiger partial charge in [0.05, 0.1) is 10.5 Å². The van der Waals surface area contributed by atoms with Gasteiger partial charge in [0.1, 0.15) is 0 Å². The van der Waals surface area contributed by atoms with Gasteiger partial charge in [-0.15, -0.1) is 0 Å². The first-order valence-corrected chi connectivity index (χ1v) is 12.4. The van der Waals surface area contributed by atoms with E-state index in [1.807, 2.05) is 0 Å². The Labute approximate surface area is 199 Å². The lowest BCUT2D eigenvalue weighted by Gasteiger charge is -2.19. The van der Waals surface area contributed by atoms with Crippen LogP contribution in [0, 0.1) is 0 Å². The topological polar surface area (TPSA) is 122 Å². The number of imide groups is 1. The molecule has 2 aromatic carbocycles. The Hall–Kier alpha value is -3.24. The van der Waals surface area contributed by atoms with Crippen molar-refractivity contribution < 1.29 is 27.5 Å². The van der Waals surface area contributed by atoms with Gasteiger partial charge in [0.15, 0.2) is 6.10 Å². The van der Waals surface area contributed by atoms with E-state index >= 15 is 0 Å². The number of sulfonamides is 1. The van der Waals surface area contributed by atoms with E-state index in [1.165, 1.54) is 19.1 Å². The first kappa shape index (κ1) is 25.4. The predicted molar refractivity (Wildman–Crippen MR) is 126 cm³/mol. The molecule has 1 saturated heterocycles. The summed E-state index contributed by atoms with van der Waals surface area (Å²) >= 11 is 0. The number of ether oxygens (including phenoxy) is 1. The number of urea groups is 1. The van der Waals surface area contributed by atoms with Crippen LogP contribution in [0.4, 0.5) is 4.79 Å². The highest BCUT2D eigenvalue weighted by molar-refractivity contribution is 7.89. The van der Waals surface area contributed by atoms with Crippen LogP contribution in [0.15, 0.2) is 53.4 Å². The summed E-state index contributed by atoms with van der Waals surface area (Å²) in [4.78, 5) is 37.4. The van der Waals surface area contributed by atoms with Gasteiger partial charge < -0.3 is 10.1 Å². The summed E-state index contributed by atoms with van der Waals surface area (Å²) < 4.78 is 33.0. The molecule has 1 fully saturated rings. The summed E-state index contributed by atoms with van der Waals surface area (Å²) in [6.45, 7) is 8.19. The summed E-state index contributed by atoms with van der Waals surface area (Å²) in [7, 11) is -3.70. The van der Waals surface area contributed by atoms with Crippen molar-refractivity contribution >= 4 is 27.9 Å². The number of nitrogens with one attached hydrogen (secondary N) is 2. The highest BCUT2D eigenvalue weighted by atomic mass is 32.2. The van der Waals surface area contributed by atoms with Gasteiger partial charge >= 0.3 is 12.0 Å². The second kappa shape index (κ2) is 9.94. The Morgan fingerprint density at radius 1 is 1.09 bits per heavy atom. The van der Waals surface area contributed by atoms with Crippen LogP contribution in [0.25, 0.3) is 0 Å². The Morgan fingerprint density at radius 2 is 1.71 bits per heavy atom. The number of hydrogen-bond donors (Lipinski definition) is 2. The van der Waals surface area contributed by atoms with Gasteiger partial charge in [0.2, 0.25) is 10.0 Å². The molecule has 1 heterocycles. The normalized spacial score (nSPS) is 15.1.